The second-order valence-corrected chi connectivity index (χ2v) is 12.1. The Morgan fingerprint density at radius 3 is 1.91 bits per heavy atom. The highest BCUT2D eigenvalue weighted by molar-refractivity contribution is 5.79. The van der Waals surface area contributed by atoms with Gasteiger partial charge in [-0.05, 0) is 69.4 Å². The number of ether oxygens (including phenoxy) is 2. The van der Waals surface area contributed by atoms with Crippen molar-refractivity contribution in [3.63, 3.8) is 0 Å². The van der Waals surface area contributed by atoms with E-state index in [2.05, 4.69) is 0 Å². The highest BCUT2D eigenvalue weighted by atomic mass is 19.4. The summed E-state index contributed by atoms with van der Waals surface area (Å²) in [5.41, 5.74) is -2.78. The molecule has 2 unspecified atom stereocenters. The van der Waals surface area contributed by atoms with E-state index in [1.807, 2.05) is 30.3 Å². The molecule has 0 saturated carbocycles. The van der Waals surface area contributed by atoms with E-state index in [0.29, 0.717) is 51.0 Å². The van der Waals surface area contributed by atoms with Gasteiger partial charge < -0.3 is 19.3 Å². The lowest BCUT2D eigenvalue weighted by atomic mass is 9.86. The van der Waals surface area contributed by atoms with E-state index in [0.717, 1.165) is 5.56 Å². The highest BCUT2D eigenvalue weighted by Gasteiger charge is 2.39. The van der Waals surface area contributed by atoms with E-state index in [-0.39, 0.29) is 35.9 Å². The number of benzene rings is 2. The van der Waals surface area contributed by atoms with Gasteiger partial charge in [-0.2, -0.15) is 26.3 Å². The van der Waals surface area contributed by atoms with Crippen LogP contribution in [0.5, 0.6) is 0 Å². The number of piperidine rings is 2. The fraction of sp³-hybridized carbons (Fsp3) is 0.548. The summed E-state index contributed by atoms with van der Waals surface area (Å²) in [7, 11) is 0. The van der Waals surface area contributed by atoms with Gasteiger partial charge in [0.2, 0.25) is 5.91 Å². The van der Waals surface area contributed by atoms with Crippen molar-refractivity contribution in [1.82, 2.24) is 9.80 Å². The van der Waals surface area contributed by atoms with Crippen molar-refractivity contribution in [2.24, 2.45) is 5.92 Å². The Kier molecular flexibility index (Phi) is 9.68. The van der Waals surface area contributed by atoms with Gasteiger partial charge in [0.1, 0.15) is 5.60 Å². The zero-order valence-electron chi connectivity index (χ0n) is 24.3. The molecule has 2 aromatic carbocycles. The van der Waals surface area contributed by atoms with Crippen molar-refractivity contribution < 1.29 is 45.4 Å². The van der Waals surface area contributed by atoms with Crippen LogP contribution in [-0.4, -0.2) is 59.7 Å². The van der Waals surface area contributed by atoms with E-state index in [4.69, 9.17) is 9.47 Å². The van der Waals surface area contributed by atoms with Crippen molar-refractivity contribution >= 4 is 12.0 Å². The van der Waals surface area contributed by atoms with Crippen molar-refractivity contribution in [3.05, 3.63) is 70.8 Å². The van der Waals surface area contributed by atoms with Gasteiger partial charge >= 0.3 is 18.4 Å². The number of halogens is 6. The average Bonchev–Trinajstić information content (AvgIpc) is 2.94. The molecule has 2 atom stereocenters. The van der Waals surface area contributed by atoms with Crippen LogP contribution in [0.3, 0.4) is 0 Å². The van der Waals surface area contributed by atoms with Gasteiger partial charge in [0.25, 0.3) is 0 Å². The quantitative estimate of drug-likeness (QED) is 0.333. The third-order valence-corrected chi connectivity index (χ3v) is 7.70. The summed E-state index contributed by atoms with van der Waals surface area (Å²) in [5, 5.41) is 0. The van der Waals surface area contributed by atoms with Crippen molar-refractivity contribution in [3.8, 4) is 0 Å². The van der Waals surface area contributed by atoms with Crippen LogP contribution < -0.4 is 0 Å². The normalized spacial score (nSPS) is 20.7. The van der Waals surface area contributed by atoms with Crippen LogP contribution in [0.2, 0.25) is 0 Å². The summed E-state index contributed by atoms with van der Waals surface area (Å²) in [5.74, 6) is -0.664. The molecule has 2 heterocycles. The van der Waals surface area contributed by atoms with E-state index < -0.39 is 47.9 Å². The van der Waals surface area contributed by atoms with Crippen LogP contribution in [0.25, 0.3) is 0 Å². The summed E-state index contributed by atoms with van der Waals surface area (Å²) < 4.78 is 91.5. The molecule has 0 bridgehead atoms. The third kappa shape index (κ3) is 8.64. The number of carbonyl (C=O) groups excluding carboxylic acids is 2. The van der Waals surface area contributed by atoms with E-state index in [1.54, 1.807) is 30.6 Å². The molecule has 0 aliphatic carbocycles. The number of alkyl halides is 6. The topological polar surface area (TPSA) is 59.1 Å². The molecule has 0 N–H and O–H groups in total. The number of hydrogen-bond acceptors (Lipinski definition) is 4. The maximum atomic E-state index is 13.5. The van der Waals surface area contributed by atoms with Crippen LogP contribution in [0.1, 0.15) is 68.2 Å². The first-order valence-electron chi connectivity index (χ1n) is 14.2. The minimum Gasteiger partial charge on any atom is -0.444 e. The Hall–Kier alpha value is -3.28. The van der Waals surface area contributed by atoms with Gasteiger partial charge in [-0.3, -0.25) is 4.79 Å². The van der Waals surface area contributed by atoms with Gasteiger partial charge in [-0.1, -0.05) is 30.3 Å². The molecule has 12 heteroatoms. The monoisotopic (exact) mass is 614 g/mol. The Morgan fingerprint density at radius 2 is 1.37 bits per heavy atom. The molecule has 236 valence electrons. The van der Waals surface area contributed by atoms with Crippen molar-refractivity contribution in [1.29, 1.82) is 0 Å². The van der Waals surface area contributed by atoms with Crippen LogP contribution in [0.4, 0.5) is 31.1 Å². The largest absolute Gasteiger partial charge is 0.444 e. The second kappa shape index (κ2) is 12.8. The van der Waals surface area contributed by atoms with Crippen LogP contribution >= 0.6 is 0 Å². The Bertz CT molecular complexity index is 1240. The average molecular weight is 615 g/mol. The fourth-order valence-electron chi connectivity index (χ4n) is 5.55. The molecule has 43 heavy (non-hydrogen) atoms. The number of hydrogen-bond donors (Lipinski definition) is 0. The molecule has 0 spiro atoms. The number of amides is 2. The number of rotatable bonds is 5. The molecule has 2 saturated heterocycles. The minimum atomic E-state index is -4.95. The van der Waals surface area contributed by atoms with E-state index in [9.17, 15) is 35.9 Å². The fourth-order valence-corrected chi connectivity index (χ4v) is 5.55. The minimum absolute atomic E-state index is 0.0454. The number of likely N-dealkylation sites (tertiary alicyclic amines) is 2. The summed E-state index contributed by atoms with van der Waals surface area (Å²) in [4.78, 5) is 29.3. The molecule has 2 amide bonds. The zero-order valence-corrected chi connectivity index (χ0v) is 24.3. The second-order valence-electron chi connectivity index (χ2n) is 12.1. The predicted molar refractivity (Wildman–Crippen MR) is 146 cm³/mol. The summed E-state index contributed by atoms with van der Waals surface area (Å²) in [6.07, 6.45) is -9.52. The molecule has 2 aliphatic heterocycles. The van der Waals surface area contributed by atoms with E-state index in [1.165, 1.54) is 0 Å². The van der Waals surface area contributed by atoms with Crippen LogP contribution in [0, 0.1) is 5.92 Å². The summed E-state index contributed by atoms with van der Waals surface area (Å²) in [6.45, 7) is 6.32. The maximum absolute atomic E-state index is 13.5. The first-order valence-corrected chi connectivity index (χ1v) is 14.2. The van der Waals surface area contributed by atoms with Crippen LogP contribution in [-0.2, 0) is 33.2 Å². The van der Waals surface area contributed by atoms with Gasteiger partial charge in [0, 0.05) is 38.0 Å². The standard InChI is InChI=1S/C31H36F6N2O4/c1-29(2,3)43-28(41)38-12-9-22(10-13-38)27(40)39-14-11-26(25(18-39)21-7-5-4-6-8-21)42-19-20-15-23(30(32,33)34)17-24(16-20)31(35,36)37/h4-8,15-17,22,25-26H,9-14,18-19H2,1-3H3. The Labute approximate surface area is 246 Å². The lowest BCUT2D eigenvalue weighted by Gasteiger charge is -2.41. The lowest BCUT2D eigenvalue weighted by molar-refractivity contribution is -0.143. The molecule has 0 aromatic heterocycles. The predicted octanol–water partition coefficient (Wildman–Crippen LogP) is 7.27. The maximum Gasteiger partial charge on any atom is 0.416 e. The SMILES string of the molecule is CC(C)(C)OC(=O)N1CCC(C(=O)N2CCC(OCc3cc(C(F)(F)F)cc(C(F)(F)F)c3)C(c3ccccc3)C2)CC1. The Balaban J connectivity index is 1.44. The van der Waals surface area contributed by atoms with E-state index >= 15 is 0 Å². The molecule has 4 rings (SSSR count). The number of carbonyl (C=O) groups is 2. The highest BCUT2D eigenvalue weighted by Crippen LogP contribution is 2.37. The zero-order chi connectivity index (χ0) is 31.6. The molecule has 6 nitrogen and oxygen atoms in total. The smallest absolute Gasteiger partial charge is 0.416 e. The van der Waals surface area contributed by atoms with Gasteiger partial charge in [-0.15, -0.1) is 0 Å². The number of nitrogens with zero attached hydrogens (tertiary/aromatic N) is 2. The molecule has 2 aromatic rings. The molecule has 2 fully saturated rings. The molecule has 0 radical (unpaired) electrons. The molecule has 2 aliphatic rings. The van der Waals surface area contributed by atoms with Crippen molar-refractivity contribution in [2.45, 2.75) is 76.6 Å². The molecular weight excluding hydrogens is 578 g/mol. The summed E-state index contributed by atoms with van der Waals surface area (Å²) >= 11 is 0. The first kappa shape index (κ1) is 32.6. The third-order valence-electron chi connectivity index (χ3n) is 7.70. The Morgan fingerprint density at radius 1 is 0.814 bits per heavy atom. The summed E-state index contributed by atoms with van der Waals surface area (Å²) in [6, 6.07) is 10.6. The lowest BCUT2D eigenvalue weighted by Crippen LogP contribution is -2.50. The van der Waals surface area contributed by atoms with Gasteiger partial charge in [0.15, 0.2) is 0 Å². The van der Waals surface area contributed by atoms with Gasteiger partial charge in [-0.25, -0.2) is 4.79 Å². The van der Waals surface area contributed by atoms with Crippen molar-refractivity contribution in [2.75, 3.05) is 26.2 Å². The van der Waals surface area contributed by atoms with Gasteiger partial charge in [0.05, 0.1) is 23.8 Å². The van der Waals surface area contributed by atoms with Crippen LogP contribution in [0.15, 0.2) is 48.5 Å². The first-order chi connectivity index (χ1) is 20.0. The molecular formula is C31H36F6N2O4.